The molecule has 2 aromatic rings. The van der Waals surface area contributed by atoms with Crippen LogP contribution < -0.4 is 10.1 Å². The summed E-state index contributed by atoms with van der Waals surface area (Å²) in [4.78, 5) is 14.3. The Hall–Kier alpha value is -2.40. The van der Waals surface area contributed by atoms with Gasteiger partial charge in [-0.05, 0) is 43.2 Å². The number of nitrogens with zero attached hydrogens (tertiary/aromatic N) is 1. The zero-order valence-electron chi connectivity index (χ0n) is 13.7. The van der Waals surface area contributed by atoms with Crippen molar-refractivity contribution in [3.05, 3.63) is 59.9 Å². The topological polar surface area (TPSA) is 41.6 Å². The molecule has 0 bridgehead atoms. The molecular weight excluding hydrogens is 307 g/mol. The molecule has 24 heavy (non-hydrogen) atoms. The van der Waals surface area contributed by atoms with Gasteiger partial charge < -0.3 is 10.1 Å². The molecule has 0 heterocycles. The number of hydrogen-bond donors (Lipinski definition) is 1. The number of carbonyl (C=O) groups excluding carboxylic acids is 1. The minimum absolute atomic E-state index is 0.0941. The van der Waals surface area contributed by atoms with Crippen molar-refractivity contribution in [2.75, 3.05) is 19.0 Å². The van der Waals surface area contributed by atoms with E-state index < -0.39 is 0 Å². The molecule has 0 saturated heterocycles. The first-order valence-corrected chi connectivity index (χ1v) is 8.07. The second-order valence-electron chi connectivity index (χ2n) is 6.00. The number of methoxy groups -OCH3 is 1. The summed E-state index contributed by atoms with van der Waals surface area (Å²) in [6.45, 7) is 0.707. The zero-order chi connectivity index (χ0) is 16.9. The summed E-state index contributed by atoms with van der Waals surface area (Å²) >= 11 is 0. The van der Waals surface area contributed by atoms with Crippen LogP contribution in [0.25, 0.3) is 0 Å². The highest BCUT2D eigenvalue weighted by Crippen LogP contribution is 2.28. The highest BCUT2D eigenvalue weighted by atomic mass is 19.1. The van der Waals surface area contributed by atoms with Gasteiger partial charge >= 0.3 is 0 Å². The number of rotatable bonds is 7. The Balaban J connectivity index is 1.60. The fraction of sp³-hybridized carbons (Fsp3) is 0.316. The summed E-state index contributed by atoms with van der Waals surface area (Å²) in [6.07, 6.45) is 2.12. The molecule has 1 amide bonds. The first kappa shape index (κ1) is 16.5. The van der Waals surface area contributed by atoms with Crippen molar-refractivity contribution in [1.29, 1.82) is 0 Å². The Morgan fingerprint density at radius 3 is 2.54 bits per heavy atom. The molecule has 1 aliphatic rings. The van der Waals surface area contributed by atoms with E-state index in [0.717, 1.165) is 24.3 Å². The summed E-state index contributed by atoms with van der Waals surface area (Å²) in [5.41, 5.74) is 1.35. The van der Waals surface area contributed by atoms with Crippen molar-refractivity contribution in [2.45, 2.75) is 25.4 Å². The Morgan fingerprint density at radius 2 is 1.92 bits per heavy atom. The van der Waals surface area contributed by atoms with Gasteiger partial charge in [0.2, 0.25) is 5.91 Å². The molecule has 126 valence electrons. The molecule has 1 aliphatic carbocycles. The van der Waals surface area contributed by atoms with Crippen molar-refractivity contribution in [1.82, 2.24) is 4.90 Å². The highest BCUT2D eigenvalue weighted by molar-refractivity contribution is 5.92. The summed E-state index contributed by atoms with van der Waals surface area (Å²) in [7, 11) is 1.60. The van der Waals surface area contributed by atoms with E-state index in [2.05, 4.69) is 5.32 Å². The van der Waals surface area contributed by atoms with Crippen molar-refractivity contribution in [3.8, 4) is 5.75 Å². The second kappa shape index (κ2) is 7.45. The Labute approximate surface area is 141 Å². The van der Waals surface area contributed by atoms with Gasteiger partial charge in [0.1, 0.15) is 11.6 Å². The molecule has 3 rings (SSSR count). The number of ether oxygens (including phenoxy) is 1. The standard InChI is InChI=1S/C19H21FN2O2/c1-24-17-10-6-15(7-11-17)21-19(23)13-22(16-8-9-16)12-14-4-2-3-5-18(14)20/h2-7,10-11,16H,8-9,12-13H2,1H3,(H,21,23). The number of carbonyl (C=O) groups is 1. The maximum atomic E-state index is 13.9. The summed E-state index contributed by atoms with van der Waals surface area (Å²) in [5, 5.41) is 2.88. The lowest BCUT2D eigenvalue weighted by Crippen LogP contribution is -2.34. The predicted molar refractivity (Wildman–Crippen MR) is 91.5 cm³/mol. The minimum Gasteiger partial charge on any atom is -0.497 e. The van der Waals surface area contributed by atoms with Crippen LogP contribution in [0.15, 0.2) is 48.5 Å². The van der Waals surface area contributed by atoms with Gasteiger partial charge in [-0.25, -0.2) is 4.39 Å². The van der Waals surface area contributed by atoms with Gasteiger partial charge in [0.25, 0.3) is 0 Å². The Bertz CT molecular complexity index is 699. The summed E-state index contributed by atoms with van der Waals surface area (Å²) < 4.78 is 18.9. The molecule has 1 fully saturated rings. The quantitative estimate of drug-likeness (QED) is 0.846. The molecule has 2 aromatic carbocycles. The molecular formula is C19H21FN2O2. The lowest BCUT2D eigenvalue weighted by Gasteiger charge is -2.21. The number of amides is 1. The van der Waals surface area contributed by atoms with Gasteiger partial charge in [0.05, 0.1) is 13.7 Å². The molecule has 0 aliphatic heterocycles. The van der Waals surface area contributed by atoms with E-state index >= 15 is 0 Å². The number of anilines is 1. The van der Waals surface area contributed by atoms with Crippen molar-refractivity contribution < 1.29 is 13.9 Å². The fourth-order valence-electron chi connectivity index (χ4n) is 2.66. The van der Waals surface area contributed by atoms with Crippen LogP contribution in [0.2, 0.25) is 0 Å². The molecule has 0 spiro atoms. The van der Waals surface area contributed by atoms with Gasteiger partial charge in [-0.1, -0.05) is 18.2 Å². The van der Waals surface area contributed by atoms with Crippen molar-refractivity contribution >= 4 is 11.6 Å². The van der Waals surface area contributed by atoms with Crippen LogP contribution in [-0.2, 0) is 11.3 Å². The predicted octanol–water partition coefficient (Wildman–Crippen LogP) is 3.44. The third kappa shape index (κ3) is 4.32. The minimum atomic E-state index is -0.223. The van der Waals surface area contributed by atoms with Gasteiger partial charge in [-0.15, -0.1) is 0 Å². The van der Waals surface area contributed by atoms with Crippen molar-refractivity contribution in [3.63, 3.8) is 0 Å². The second-order valence-corrected chi connectivity index (χ2v) is 6.00. The largest absolute Gasteiger partial charge is 0.497 e. The molecule has 1 saturated carbocycles. The molecule has 4 nitrogen and oxygen atoms in total. The van der Waals surface area contributed by atoms with E-state index in [0.29, 0.717) is 18.2 Å². The molecule has 5 heteroatoms. The number of benzene rings is 2. The monoisotopic (exact) mass is 328 g/mol. The number of hydrogen-bond acceptors (Lipinski definition) is 3. The molecule has 0 radical (unpaired) electrons. The maximum absolute atomic E-state index is 13.9. The van der Waals surface area contributed by atoms with E-state index in [4.69, 9.17) is 4.74 Å². The normalized spacial score (nSPS) is 13.8. The van der Waals surface area contributed by atoms with Crippen molar-refractivity contribution in [2.24, 2.45) is 0 Å². The SMILES string of the molecule is COc1ccc(NC(=O)CN(Cc2ccccc2F)C2CC2)cc1. The summed E-state index contributed by atoms with van der Waals surface area (Å²) in [6, 6.07) is 14.3. The third-order valence-corrected chi connectivity index (χ3v) is 4.12. The van der Waals surface area contributed by atoms with E-state index in [1.807, 2.05) is 11.0 Å². The van der Waals surface area contributed by atoms with E-state index in [-0.39, 0.29) is 18.3 Å². The van der Waals surface area contributed by atoms with E-state index in [1.165, 1.54) is 6.07 Å². The van der Waals surface area contributed by atoms with E-state index in [1.54, 1.807) is 43.5 Å². The fourth-order valence-corrected chi connectivity index (χ4v) is 2.66. The van der Waals surface area contributed by atoms with Crippen LogP contribution >= 0.6 is 0 Å². The lowest BCUT2D eigenvalue weighted by atomic mass is 10.2. The molecule has 1 N–H and O–H groups in total. The Morgan fingerprint density at radius 1 is 1.21 bits per heavy atom. The van der Waals surface area contributed by atoms with E-state index in [9.17, 15) is 9.18 Å². The molecule has 0 aromatic heterocycles. The number of halogens is 1. The average molecular weight is 328 g/mol. The smallest absolute Gasteiger partial charge is 0.238 e. The first-order valence-electron chi connectivity index (χ1n) is 8.07. The zero-order valence-corrected chi connectivity index (χ0v) is 13.7. The number of nitrogens with one attached hydrogen (secondary N) is 1. The average Bonchev–Trinajstić information content (AvgIpc) is 3.42. The van der Waals surface area contributed by atoms with Crippen LogP contribution in [0, 0.1) is 5.82 Å². The molecule has 0 atom stereocenters. The van der Waals surface area contributed by atoms with Crippen LogP contribution in [-0.4, -0.2) is 30.5 Å². The Kier molecular flexibility index (Phi) is 5.11. The van der Waals surface area contributed by atoms with Gasteiger partial charge in [0.15, 0.2) is 0 Å². The summed E-state index contributed by atoms with van der Waals surface area (Å²) in [5.74, 6) is 0.425. The van der Waals surface area contributed by atoms with Crippen LogP contribution in [0.1, 0.15) is 18.4 Å². The van der Waals surface area contributed by atoms with Gasteiger partial charge in [0, 0.05) is 23.8 Å². The van der Waals surface area contributed by atoms with Gasteiger partial charge in [-0.3, -0.25) is 9.69 Å². The maximum Gasteiger partial charge on any atom is 0.238 e. The van der Waals surface area contributed by atoms with Crippen LogP contribution in [0.5, 0.6) is 5.75 Å². The first-order chi connectivity index (χ1) is 11.7. The highest BCUT2D eigenvalue weighted by Gasteiger charge is 2.30. The third-order valence-electron chi connectivity index (χ3n) is 4.12. The van der Waals surface area contributed by atoms with Crippen LogP contribution in [0.3, 0.4) is 0 Å². The lowest BCUT2D eigenvalue weighted by molar-refractivity contribution is -0.117. The van der Waals surface area contributed by atoms with Crippen LogP contribution in [0.4, 0.5) is 10.1 Å². The van der Waals surface area contributed by atoms with Gasteiger partial charge in [-0.2, -0.15) is 0 Å². The molecule has 0 unspecified atom stereocenters.